The number of hydrogen-bond acceptors (Lipinski definition) is 3. The molecule has 2 aromatic rings. The molecule has 0 aliphatic carbocycles. The Hall–Kier alpha value is -2.21. The number of thiophene rings is 1. The Kier molecular flexibility index (Phi) is 5.25. The topological polar surface area (TPSA) is 49.4 Å². The number of amides is 2. The van der Waals surface area contributed by atoms with Gasteiger partial charge in [-0.25, -0.2) is 4.39 Å². The minimum Gasteiger partial charge on any atom is -0.353 e. The van der Waals surface area contributed by atoms with Gasteiger partial charge in [0, 0.05) is 24.0 Å². The molecule has 1 aromatic heterocycles. The fourth-order valence-corrected chi connectivity index (χ4v) is 3.59. The second-order valence-electron chi connectivity index (χ2n) is 5.87. The standard InChI is InChI=1S/C18H19FN2O2S/c19-16-6-2-1-5-15(16)18(23)21-9-7-13(8-10-21)20-17(22)12-14-4-3-11-24-14/h1-6,11,13H,7-10,12H2,(H,20,22). The molecule has 1 aliphatic heterocycles. The van der Waals surface area contributed by atoms with Gasteiger partial charge in [0.2, 0.25) is 5.91 Å². The first-order valence-corrected chi connectivity index (χ1v) is 8.87. The summed E-state index contributed by atoms with van der Waals surface area (Å²) in [6, 6.07) is 9.98. The maximum atomic E-state index is 13.7. The molecule has 0 bridgehead atoms. The van der Waals surface area contributed by atoms with Crippen LogP contribution < -0.4 is 5.32 Å². The van der Waals surface area contributed by atoms with E-state index in [0.29, 0.717) is 32.4 Å². The second kappa shape index (κ2) is 7.57. The first-order chi connectivity index (χ1) is 11.6. The van der Waals surface area contributed by atoms with Crippen molar-refractivity contribution in [3.8, 4) is 0 Å². The molecule has 1 fully saturated rings. The number of benzene rings is 1. The molecule has 4 nitrogen and oxygen atoms in total. The van der Waals surface area contributed by atoms with Gasteiger partial charge in [-0.1, -0.05) is 18.2 Å². The van der Waals surface area contributed by atoms with E-state index in [0.717, 1.165) is 4.88 Å². The molecule has 0 radical (unpaired) electrons. The van der Waals surface area contributed by atoms with Crippen molar-refractivity contribution >= 4 is 23.2 Å². The summed E-state index contributed by atoms with van der Waals surface area (Å²) in [4.78, 5) is 27.1. The zero-order valence-corrected chi connectivity index (χ0v) is 14.0. The molecule has 1 aliphatic rings. The van der Waals surface area contributed by atoms with Crippen molar-refractivity contribution < 1.29 is 14.0 Å². The Bertz CT molecular complexity index is 710. The molecule has 2 amide bonds. The Morgan fingerprint density at radius 2 is 1.92 bits per heavy atom. The summed E-state index contributed by atoms with van der Waals surface area (Å²) in [7, 11) is 0. The van der Waals surface area contributed by atoms with Gasteiger partial charge in [0.1, 0.15) is 5.82 Å². The number of nitrogens with one attached hydrogen (secondary N) is 1. The van der Waals surface area contributed by atoms with Crippen LogP contribution >= 0.6 is 11.3 Å². The molecule has 0 atom stereocenters. The molecule has 6 heteroatoms. The summed E-state index contributed by atoms with van der Waals surface area (Å²) in [5.41, 5.74) is 0.109. The summed E-state index contributed by atoms with van der Waals surface area (Å²) < 4.78 is 13.7. The van der Waals surface area contributed by atoms with Crippen molar-refractivity contribution in [1.82, 2.24) is 10.2 Å². The molecule has 1 saturated heterocycles. The molecule has 1 aromatic carbocycles. The van der Waals surface area contributed by atoms with E-state index in [1.807, 2.05) is 17.5 Å². The van der Waals surface area contributed by atoms with E-state index >= 15 is 0 Å². The predicted molar refractivity (Wildman–Crippen MR) is 91.5 cm³/mol. The highest BCUT2D eigenvalue weighted by Crippen LogP contribution is 2.16. The number of piperidine rings is 1. The largest absolute Gasteiger partial charge is 0.353 e. The zero-order chi connectivity index (χ0) is 16.9. The smallest absolute Gasteiger partial charge is 0.256 e. The van der Waals surface area contributed by atoms with E-state index < -0.39 is 5.82 Å². The SMILES string of the molecule is O=C(Cc1cccs1)NC1CCN(C(=O)c2ccccc2F)CC1. The van der Waals surface area contributed by atoms with Crippen LogP contribution in [0.5, 0.6) is 0 Å². The van der Waals surface area contributed by atoms with E-state index in [2.05, 4.69) is 5.32 Å². The van der Waals surface area contributed by atoms with Gasteiger partial charge < -0.3 is 10.2 Å². The monoisotopic (exact) mass is 346 g/mol. The van der Waals surface area contributed by atoms with E-state index in [4.69, 9.17) is 0 Å². The molecule has 0 unspecified atom stereocenters. The van der Waals surface area contributed by atoms with E-state index in [1.165, 1.54) is 12.1 Å². The van der Waals surface area contributed by atoms with Crippen LogP contribution in [-0.2, 0) is 11.2 Å². The lowest BCUT2D eigenvalue weighted by molar-refractivity contribution is -0.121. The number of carbonyl (C=O) groups excluding carboxylic acids is 2. The third-order valence-corrected chi connectivity index (χ3v) is 5.04. The minimum absolute atomic E-state index is 0.0105. The highest BCUT2D eigenvalue weighted by Gasteiger charge is 2.25. The van der Waals surface area contributed by atoms with Gasteiger partial charge in [-0.15, -0.1) is 11.3 Å². The van der Waals surface area contributed by atoms with Gasteiger partial charge in [-0.3, -0.25) is 9.59 Å². The minimum atomic E-state index is -0.492. The zero-order valence-electron chi connectivity index (χ0n) is 13.2. The van der Waals surface area contributed by atoms with Crippen LogP contribution in [0.25, 0.3) is 0 Å². The van der Waals surface area contributed by atoms with Gasteiger partial charge >= 0.3 is 0 Å². The van der Waals surface area contributed by atoms with Gasteiger partial charge in [0.25, 0.3) is 5.91 Å². The molecule has 3 rings (SSSR count). The van der Waals surface area contributed by atoms with Crippen LogP contribution in [0.1, 0.15) is 28.1 Å². The highest BCUT2D eigenvalue weighted by molar-refractivity contribution is 7.10. The number of rotatable bonds is 4. The van der Waals surface area contributed by atoms with Gasteiger partial charge in [-0.05, 0) is 36.4 Å². The number of likely N-dealkylation sites (tertiary alicyclic amines) is 1. The van der Waals surface area contributed by atoms with Gasteiger partial charge in [0.05, 0.1) is 12.0 Å². The summed E-state index contributed by atoms with van der Waals surface area (Å²) in [6.45, 7) is 1.05. The van der Waals surface area contributed by atoms with E-state index in [9.17, 15) is 14.0 Å². The fourth-order valence-electron chi connectivity index (χ4n) is 2.88. The number of halogens is 1. The Morgan fingerprint density at radius 3 is 2.58 bits per heavy atom. The maximum absolute atomic E-state index is 13.7. The van der Waals surface area contributed by atoms with E-state index in [-0.39, 0.29) is 23.4 Å². The summed E-state index contributed by atoms with van der Waals surface area (Å²) >= 11 is 1.57. The summed E-state index contributed by atoms with van der Waals surface area (Å²) in [5, 5.41) is 4.98. The first-order valence-electron chi connectivity index (χ1n) is 7.99. The van der Waals surface area contributed by atoms with Crippen molar-refractivity contribution in [3.63, 3.8) is 0 Å². The molecular formula is C18H19FN2O2S. The van der Waals surface area contributed by atoms with Crippen LogP contribution in [0.2, 0.25) is 0 Å². The molecule has 2 heterocycles. The van der Waals surface area contributed by atoms with Crippen LogP contribution in [0.15, 0.2) is 41.8 Å². The van der Waals surface area contributed by atoms with E-state index in [1.54, 1.807) is 28.4 Å². The average molecular weight is 346 g/mol. The lowest BCUT2D eigenvalue weighted by Gasteiger charge is -2.32. The van der Waals surface area contributed by atoms with Gasteiger partial charge in [0.15, 0.2) is 0 Å². The molecular weight excluding hydrogens is 327 g/mol. The first kappa shape index (κ1) is 16.6. The number of carbonyl (C=O) groups is 2. The van der Waals surface area contributed by atoms with Crippen molar-refractivity contribution in [3.05, 3.63) is 58.0 Å². The quantitative estimate of drug-likeness (QED) is 0.925. The summed E-state index contributed by atoms with van der Waals surface area (Å²) in [6.07, 6.45) is 1.78. The second-order valence-corrected chi connectivity index (χ2v) is 6.90. The average Bonchev–Trinajstić information content (AvgIpc) is 3.08. The molecule has 126 valence electrons. The molecule has 0 spiro atoms. The number of nitrogens with zero attached hydrogens (tertiary/aromatic N) is 1. The van der Waals surface area contributed by atoms with Crippen LogP contribution in [0, 0.1) is 5.82 Å². The van der Waals surface area contributed by atoms with Gasteiger partial charge in [-0.2, -0.15) is 0 Å². The van der Waals surface area contributed by atoms with Crippen molar-refractivity contribution in [2.75, 3.05) is 13.1 Å². The lowest BCUT2D eigenvalue weighted by atomic mass is 10.0. The van der Waals surface area contributed by atoms with Crippen molar-refractivity contribution in [2.45, 2.75) is 25.3 Å². The maximum Gasteiger partial charge on any atom is 0.256 e. The van der Waals surface area contributed by atoms with Crippen LogP contribution in [-0.4, -0.2) is 35.8 Å². The van der Waals surface area contributed by atoms with Crippen molar-refractivity contribution in [2.24, 2.45) is 0 Å². The molecule has 1 N–H and O–H groups in total. The lowest BCUT2D eigenvalue weighted by Crippen LogP contribution is -2.47. The Labute approximate surface area is 144 Å². The third kappa shape index (κ3) is 4.00. The fraction of sp³-hybridized carbons (Fsp3) is 0.333. The van der Waals surface area contributed by atoms with Crippen LogP contribution in [0.3, 0.4) is 0 Å². The third-order valence-electron chi connectivity index (χ3n) is 4.17. The predicted octanol–water partition coefficient (Wildman–Crippen LogP) is 2.85. The normalized spacial score (nSPS) is 15.3. The molecule has 24 heavy (non-hydrogen) atoms. The Morgan fingerprint density at radius 1 is 1.17 bits per heavy atom. The van der Waals surface area contributed by atoms with Crippen LogP contribution in [0.4, 0.5) is 4.39 Å². The molecule has 0 saturated carbocycles. The summed E-state index contributed by atoms with van der Waals surface area (Å²) in [5.74, 6) is -0.762. The Balaban J connectivity index is 1.50. The number of hydrogen-bond donors (Lipinski definition) is 1. The highest BCUT2D eigenvalue weighted by atomic mass is 32.1. The van der Waals surface area contributed by atoms with Crippen molar-refractivity contribution in [1.29, 1.82) is 0 Å².